The third kappa shape index (κ3) is 3.79. The number of nitrogens with one attached hydrogen (secondary N) is 1. The quantitative estimate of drug-likeness (QED) is 0.859. The number of nitrogens with zero attached hydrogens (tertiary/aromatic N) is 1. The molecule has 0 aromatic carbocycles. The first-order valence-electron chi connectivity index (χ1n) is 7.61. The highest BCUT2D eigenvalue weighted by Crippen LogP contribution is 2.40. The molecular weight excluding hydrogens is 252 g/mol. The second-order valence-corrected chi connectivity index (χ2v) is 8.16. The molecule has 2 rings (SSSR count). The Labute approximate surface area is 122 Å². The summed E-state index contributed by atoms with van der Waals surface area (Å²) < 4.78 is 0. The molecule has 0 unspecified atom stereocenters. The van der Waals surface area contributed by atoms with Crippen molar-refractivity contribution in [1.82, 2.24) is 10.3 Å². The summed E-state index contributed by atoms with van der Waals surface area (Å²) >= 11 is 1.86. The van der Waals surface area contributed by atoms with Crippen LogP contribution in [0, 0.1) is 5.41 Å². The average molecular weight is 280 g/mol. The third-order valence-electron chi connectivity index (χ3n) is 4.41. The van der Waals surface area contributed by atoms with E-state index in [-0.39, 0.29) is 5.41 Å². The molecule has 1 aromatic rings. The van der Waals surface area contributed by atoms with Gasteiger partial charge in [-0.25, -0.2) is 4.98 Å². The maximum Gasteiger partial charge on any atom is 0.0981 e. The highest BCUT2D eigenvalue weighted by Gasteiger charge is 2.31. The molecule has 3 heteroatoms. The van der Waals surface area contributed by atoms with Gasteiger partial charge in [0.1, 0.15) is 0 Å². The van der Waals surface area contributed by atoms with Crippen LogP contribution in [-0.4, -0.2) is 11.5 Å². The van der Waals surface area contributed by atoms with Gasteiger partial charge in [0.2, 0.25) is 0 Å². The minimum absolute atomic E-state index is 0.180. The van der Waals surface area contributed by atoms with Crippen LogP contribution in [0.1, 0.15) is 69.7 Å². The fourth-order valence-corrected chi connectivity index (χ4v) is 3.91. The number of aromatic nitrogens is 1. The lowest BCUT2D eigenvalue weighted by Gasteiger charge is -2.27. The number of rotatable bonds is 5. The molecule has 1 fully saturated rings. The molecule has 0 bridgehead atoms. The highest BCUT2D eigenvalue weighted by molar-refractivity contribution is 7.11. The van der Waals surface area contributed by atoms with E-state index in [1.165, 1.54) is 48.5 Å². The van der Waals surface area contributed by atoms with Crippen LogP contribution in [0.2, 0.25) is 0 Å². The summed E-state index contributed by atoms with van der Waals surface area (Å²) in [5.41, 5.74) is 0.760. The molecule has 0 aliphatic heterocycles. The second kappa shape index (κ2) is 5.92. The molecular formula is C16H28N2S. The van der Waals surface area contributed by atoms with E-state index in [2.05, 4.69) is 38.0 Å². The van der Waals surface area contributed by atoms with Crippen LogP contribution >= 0.6 is 11.3 Å². The zero-order valence-electron chi connectivity index (χ0n) is 12.9. The number of hydrogen-bond donors (Lipinski definition) is 1. The molecule has 1 aliphatic carbocycles. The lowest BCUT2D eigenvalue weighted by Crippen LogP contribution is -2.31. The monoisotopic (exact) mass is 280 g/mol. The standard InChI is InChI=1S/C16H28N2S/c1-5-16(8-6-7-9-16)12-17-10-13-11-18-14(19-13)15(2,3)4/h11,17H,5-10,12H2,1-4H3. The second-order valence-electron chi connectivity index (χ2n) is 7.05. The summed E-state index contributed by atoms with van der Waals surface area (Å²) in [5.74, 6) is 0. The fourth-order valence-electron chi connectivity index (χ4n) is 2.97. The van der Waals surface area contributed by atoms with Gasteiger partial charge in [-0.2, -0.15) is 0 Å². The van der Waals surface area contributed by atoms with Crippen molar-refractivity contribution >= 4 is 11.3 Å². The summed E-state index contributed by atoms with van der Waals surface area (Å²) in [4.78, 5) is 5.92. The van der Waals surface area contributed by atoms with Crippen molar-refractivity contribution in [3.8, 4) is 0 Å². The van der Waals surface area contributed by atoms with Crippen molar-refractivity contribution < 1.29 is 0 Å². The zero-order chi connectivity index (χ0) is 13.9. The van der Waals surface area contributed by atoms with Gasteiger partial charge < -0.3 is 5.32 Å². The van der Waals surface area contributed by atoms with E-state index >= 15 is 0 Å². The van der Waals surface area contributed by atoms with Crippen LogP contribution in [0.5, 0.6) is 0 Å². The van der Waals surface area contributed by atoms with Gasteiger partial charge in [-0.3, -0.25) is 0 Å². The maximum absolute atomic E-state index is 4.55. The van der Waals surface area contributed by atoms with Gasteiger partial charge in [0.05, 0.1) is 5.01 Å². The SMILES string of the molecule is CCC1(CNCc2cnc(C(C)(C)C)s2)CCCC1. The molecule has 1 saturated carbocycles. The van der Waals surface area contributed by atoms with Crippen LogP contribution in [-0.2, 0) is 12.0 Å². The normalized spacial score (nSPS) is 18.9. The minimum atomic E-state index is 0.180. The summed E-state index contributed by atoms with van der Waals surface area (Å²) in [6.45, 7) is 11.2. The van der Waals surface area contributed by atoms with Gasteiger partial charge in [0.15, 0.2) is 0 Å². The summed E-state index contributed by atoms with van der Waals surface area (Å²) in [6.07, 6.45) is 9.02. The van der Waals surface area contributed by atoms with E-state index in [4.69, 9.17) is 0 Å². The van der Waals surface area contributed by atoms with E-state index in [1.807, 2.05) is 17.5 Å². The molecule has 0 saturated heterocycles. The molecule has 0 atom stereocenters. The molecule has 1 aromatic heterocycles. The average Bonchev–Trinajstić information content (AvgIpc) is 2.97. The Hall–Kier alpha value is -0.410. The summed E-state index contributed by atoms with van der Waals surface area (Å²) in [6, 6.07) is 0. The Bertz CT molecular complexity index is 397. The number of hydrogen-bond acceptors (Lipinski definition) is 3. The van der Waals surface area contributed by atoms with Gasteiger partial charge >= 0.3 is 0 Å². The summed E-state index contributed by atoms with van der Waals surface area (Å²) in [7, 11) is 0. The van der Waals surface area contributed by atoms with Crippen molar-refractivity contribution in [2.75, 3.05) is 6.54 Å². The molecule has 108 valence electrons. The Balaban J connectivity index is 1.84. The van der Waals surface area contributed by atoms with Gasteiger partial charge in [-0.15, -0.1) is 11.3 Å². The van der Waals surface area contributed by atoms with Crippen LogP contribution in [0.4, 0.5) is 0 Å². The van der Waals surface area contributed by atoms with E-state index in [0.29, 0.717) is 5.41 Å². The van der Waals surface area contributed by atoms with Crippen LogP contribution < -0.4 is 5.32 Å². The van der Waals surface area contributed by atoms with Gasteiger partial charge in [0, 0.05) is 29.6 Å². The number of thiazole rings is 1. The van der Waals surface area contributed by atoms with E-state index in [9.17, 15) is 0 Å². The topological polar surface area (TPSA) is 24.9 Å². The molecule has 1 heterocycles. The third-order valence-corrected chi connectivity index (χ3v) is 5.83. The van der Waals surface area contributed by atoms with Crippen molar-refractivity contribution in [2.45, 2.75) is 71.8 Å². The van der Waals surface area contributed by atoms with E-state index in [0.717, 1.165) is 6.54 Å². The highest BCUT2D eigenvalue weighted by atomic mass is 32.1. The predicted molar refractivity (Wildman–Crippen MR) is 83.7 cm³/mol. The molecule has 0 radical (unpaired) electrons. The van der Waals surface area contributed by atoms with Crippen molar-refractivity contribution in [2.24, 2.45) is 5.41 Å². The first-order chi connectivity index (χ1) is 8.95. The predicted octanol–water partition coefficient (Wildman–Crippen LogP) is 4.50. The van der Waals surface area contributed by atoms with Crippen molar-refractivity contribution in [3.05, 3.63) is 16.1 Å². The van der Waals surface area contributed by atoms with Crippen molar-refractivity contribution in [1.29, 1.82) is 0 Å². The van der Waals surface area contributed by atoms with Crippen molar-refractivity contribution in [3.63, 3.8) is 0 Å². The Kier molecular flexibility index (Phi) is 4.67. The fraction of sp³-hybridized carbons (Fsp3) is 0.812. The first-order valence-corrected chi connectivity index (χ1v) is 8.43. The molecule has 1 N–H and O–H groups in total. The lowest BCUT2D eigenvalue weighted by molar-refractivity contribution is 0.268. The van der Waals surface area contributed by atoms with Crippen LogP contribution in [0.15, 0.2) is 6.20 Å². The Morgan fingerprint density at radius 1 is 1.32 bits per heavy atom. The minimum Gasteiger partial charge on any atom is -0.311 e. The van der Waals surface area contributed by atoms with E-state index in [1.54, 1.807) is 0 Å². The van der Waals surface area contributed by atoms with E-state index < -0.39 is 0 Å². The molecule has 1 aliphatic rings. The Morgan fingerprint density at radius 2 is 2.00 bits per heavy atom. The largest absolute Gasteiger partial charge is 0.311 e. The molecule has 0 spiro atoms. The molecule has 19 heavy (non-hydrogen) atoms. The van der Waals surface area contributed by atoms with Gasteiger partial charge in [-0.1, -0.05) is 40.5 Å². The van der Waals surface area contributed by atoms with Crippen LogP contribution in [0.25, 0.3) is 0 Å². The Morgan fingerprint density at radius 3 is 2.53 bits per heavy atom. The summed E-state index contributed by atoms with van der Waals surface area (Å²) in [5, 5.41) is 4.92. The van der Waals surface area contributed by atoms with Gasteiger partial charge in [0.25, 0.3) is 0 Å². The molecule has 0 amide bonds. The zero-order valence-corrected chi connectivity index (χ0v) is 13.7. The van der Waals surface area contributed by atoms with Crippen LogP contribution in [0.3, 0.4) is 0 Å². The lowest BCUT2D eigenvalue weighted by atomic mass is 9.83. The molecule has 2 nitrogen and oxygen atoms in total. The first kappa shape index (κ1) is 15.0. The smallest absolute Gasteiger partial charge is 0.0981 e. The van der Waals surface area contributed by atoms with Gasteiger partial charge in [-0.05, 0) is 24.7 Å². The maximum atomic E-state index is 4.55.